The van der Waals surface area contributed by atoms with E-state index in [0.717, 1.165) is 18.9 Å². The number of nitrogens with zero attached hydrogens (tertiary/aromatic N) is 3. The van der Waals surface area contributed by atoms with E-state index in [0.29, 0.717) is 18.8 Å². The van der Waals surface area contributed by atoms with Gasteiger partial charge in [-0.2, -0.15) is 0 Å². The van der Waals surface area contributed by atoms with Crippen molar-refractivity contribution in [2.45, 2.75) is 18.9 Å². The van der Waals surface area contributed by atoms with Gasteiger partial charge in [0.2, 0.25) is 11.7 Å². The predicted octanol–water partition coefficient (Wildman–Crippen LogP) is 3.81. The number of benzene rings is 2. The van der Waals surface area contributed by atoms with E-state index in [-0.39, 0.29) is 40.5 Å². The van der Waals surface area contributed by atoms with Crippen molar-refractivity contribution in [1.82, 2.24) is 14.9 Å². The zero-order valence-corrected chi connectivity index (χ0v) is 18.4. The van der Waals surface area contributed by atoms with Crippen molar-refractivity contribution in [3.05, 3.63) is 84.5 Å². The summed E-state index contributed by atoms with van der Waals surface area (Å²) in [6.07, 6.45) is 4.04. The first-order valence-electron chi connectivity index (χ1n) is 10.8. The Kier molecular flexibility index (Phi) is 6.82. The van der Waals surface area contributed by atoms with E-state index in [9.17, 15) is 14.0 Å². The molecule has 8 nitrogen and oxygen atoms in total. The van der Waals surface area contributed by atoms with E-state index < -0.39 is 11.6 Å². The molecular weight excluding hydrogens is 437 g/mol. The number of hydrogen-bond acceptors (Lipinski definition) is 7. The number of ether oxygens (including phenoxy) is 1. The highest BCUT2D eigenvalue weighted by Crippen LogP contribution is 2.28. The predicted molar refractivity (Wildman–Crippen MR) is 126 cm³/mol. The zero-order chi connectivity index (χ0) is 24.1. The summed E-state index contributed by atoms with van der Waals surface area (Å²) in [7, 11) is 0. The average Bonchev–Trinajstić information content (AvgIpc) is 2.84. The number of halogens is 1. The van der Waals surface area contributed by atoms with E-state index in [2.05, 4.69) is 21.9 Å². The number of hydrogen-bond donors (Lipinski definition) is 2. The van der Waals surface area contributed by atoms with Crippen LogP contribution in [-0.2, 0) is 4.79 Å². The van der Waals surface area contributed by atoms with Gasteiger partial charge in [-0.05, 0) is 43.2 Å². The lowest BCUT2D eigenvalue weighted by atomic mass is 10.0. The van der Waals surface area contributed by atoms with E-state index in [1.165, 1.54) is 24.5 Å². The number of carbonyl (C=O) groups excluding carboxylic acids is 2. The average molecular weight is 461 g/mol. The van der Waals surface area contributed by atoms with Gasteiger partial charge in [-0.3, -0.25) is 9.59 Å². The van der Waals surface area contributed by atoms with E-state index in [4.69, 9.17) is 10.5 Å². The SMILES string of the molecule is C=CC(=O)N1CCCC(Nc2ncnc(N)c2C(=O)c2ccc(Oc3ccccc3)cc2F)C1. The Morgan fingerprint density at radius 1 is 1.18 bits per heavy atom. The third kappa shape index (κ3) is 5.03. The highest BCUT2D eigenvalue weighted by Gasteiger charge is 2.27. The molecule has 1 unspecified atom stereocenters. The number of aromatic nitrogens is 2. The summed E-state index contributed by atoms with van der Waals surface area (Å²) >= 11 is 0. The number of nitrogens with one attached hydrogen (secondary N) is 1. The molecule has 0 radical (unpaired) electrons. The lowest BCUT2D eigenvalue weighted by molar-refractivity contribution is -0.127. The number of para-hydroxylation sites is 1. The minimum absolute atomic E-state index is 0.0229. The molecule has 3 N–H and O–H groups in total. The van der Waals surface area contributed by atoms with Crippen LogP contribution in [0.4, 0.5) is 16.0 Å². The minimum Gasteiger partial charge on any atom is -0.457 e. The Labute approximate surface area is 196 Å². The zero-order valence-electron chi connectivity index (χ0n) is 18.4. The van der Waals surface area contributed by atoms with Crippen molar-refractivity contribution < 1.29 is 18.7 Å². The first-order chi connectivity index (χ1) is 16.5. The first kappa shape index (κ1) is 22.9. The maximum absolute atomic E-state index is 14.9. The lowest BCUT2D eigenvalue weighted by Crippen LogP contribution is -2.44. The summed E-state index contributed by atoms with van der Waals surface area (Å²) in [4.78, 5) is 35.0. The molecule has 1 fully saturated rings. The van der Waals surface area contributed by atoms with Crippen molar-refractivity contribution in [2.75, 3.05) is 24.1 Å². The summed E-state index contributed by atoms with van der Waals surface area (Å²) in [5.74, 6) is -0.646. The van der Waals surface area contributed by atoms with Gasteiger partial charge >= 0.3 is 0 Å². The topological polar surface area (TPSA) is 110 Å². The van der Waals surface area contributed by atoms with Gasteiger partial charge in [0.15, 0.2) is 0 Å². The number of anilines is 2. The van der Waals surface area contributed by atoms with Gasteiger partial charge in [0, 0.05) is 25.2 Å². The fourth-order valence-corrected chi connectivity index (χ4v) is 3.85. The summed E-state index contributed by atoms with van der Waals surface area (Å²) in [6.45, 7) is 4.57. The lowest BCUT2D eigenvalue weighted by Gasteiger charge is -2.33. The van der Waals surface area contributed by atoms with Crippen LogP contribution in [0.2, 0.25) is 0 Å². The third-order valence-corrected chi connectivity index (χ3v) is 5.52. The van der Waals surface area contributed by atoms with Crippen LogP contribution in [0, 0.1) is 5.82 Å². The van der Waals surface area contributed by atoms with Crippen LogP contribution in [0.1, 0.15) is 28.8 Å². The molecule has 1 atom stereocenters. The van der Waals surface area contributed by atoms with Crippen LogP contribution in [0.15, 0.2) is 67.5 Å². The van der Waals surface area contributed by atoms with Gasteiger partial charge in [0.1, 0.15) is 40.8 Å². The third-order valence-electron chi connectivity index (χ3n) is 5.52. The maximum atomic E-state index is 14.9. The quantitative estimate of drug-likeness (QED) is 0.407. The Balaban J connectivity index is 1.57. The van der Waals surface area contributed by atoms with Crippen molar-refractivity contribution in [2.24, 2.45) is 0 Å². The number of likely N-dealkylation sites (tertiary alicyclic amines) is 1. The molecule has 2 aromatic carbocycles. The molecule has 3 aromatic rings. The fraction of sp³-hybridized carbons (Fsp3) is 0.200. The van der Waals surface area contributed by atoms with Crippen molar-refractivity contribution in [3.63, 3.8) is 0 Å². The maximum Gasteiger partial charge on any atom is 0.246 e. The molecular formula is C25H24FN5O3. The summed E-state index contributed by atoms with van der Waals surface area (Å²) < 4.78 is 20.6. The van der Waals surface area contributed by atoms with Crippen molar-refractivity contribution in [1.29, 1.82) is 0 Å². The molecule has 34 heavy (non-hydrogen) atoms. The van der Waals surface area contributed by atoms with Crippen LogP contribution in [0.5, 0.6) is 11.5 Å². The van der Waals surface area contributed by atoms with E-state index in [1.54, 1.807) is 29.2 Å². The van der Waals surface area contributed by atoms with Crippen LogP contribution in [0.25, 0.3) is 0 Å². The number of nitrogens with two attached hydrogens (primary N) is 1. The minimum atomic E-state index is -0.756. The van der Waals surface area contributed by atoms with Gasteiger partial charge in [-0.15, -0.1) is 0 Å². The number of amides is 1. The molecule has 1 aliphatic heterocycles. The second-order valence-electron chi connectivity index (χ2n) is 7.84. The van der Waals surface area contributed by atoms with Gasteiger partial charge in [0.25, 0.3) is 0 Å². The molecule has 1 amide bonds. The van der Waals surface area contributed by atoms with Crippen molar-refractivity contribution >= 4 is 23.3 Å². The van der Waals surface area contributed by atoms with Crippen LogP contribution in [-0.4, -0.2) is 45.7 Å². The molecule has 2 heterocycles. The highest BCUT2D eigenvalue weighted by molar-refractivity contribution is 6.14. The number of nitrogen functional groups attached to an aromatic ring is 1. The Bertz CT molecular complexity index is 1220. The number of piperidine rings is 1. The van der Waals surface area contributed by atoms with Crippen LogP contribution < -0.4 is 15.8 Å². The Hall–Kier alpha value is -4.27. The van der Waals surface area contributed by atoms with Crippen molar-refractivity contribution in [3.8, 4) is 11.5 Å². The fourth-order valence-electron chi connectivity index (χ4n) is 3.85. The molecule has 1 aliphatic rings. The smallest absolute Gasteiger partial charge is 0.246 e. The van der Waals surface area contributed by atoms with E-state index >= 15 is 0 Å². The molecule has 174 valence electrons. The Morgan fingerprint density at radius 3 is 2.71 bits per heavy atom. The summed E-state index contributed by atoms with van der Waals surface area (Å²) in [6, 6.07) is 12.8. The van der Waals surface area contributed by atoms with Gasteiger partial charge in [-0.25, -0.2) is 14.4 Å². The molecule has 1 saturated heterocycles. The van der Waals surface area contributed by atoms with E-state index in [1.807, 2.05) is 6.07 Å². The molecule has 4 rings (SSSR count). The van der Waals surface area contributed by atoms with Gasteiger partial charge in [0.05, 0.1) is 5.56 Å². The second kappa shape index (κ2) is 10.1. The molecule has 0 aliphatic carbocycles. The molecule has 0 saturated carbocycles. The molecule has 0 spiro atoms. The normalized spacial score (nSPS) is 15.4. The standard InChI is InChI=1S/C25H24FN5O3/c1-2-21(32)31-12-6-7-16(14-31)30-25-22(24(27)28-15-29-25)23(33)19-11-10-18(13-20(19)26)34-17-8-4-3-5-9-17/h2-5,8-11,13,15-16H,1,6-7,12,14H2,(H3,27,28,29,30). The van der Waals surface area contributed by atoms with Crippen LogP contribution in [0.3, 0.4) is 0 Å². The van der Waals surface area contributed by atoms with Gasteiger partial charge < -0.3 is 20.7 Å². The largest absolute Gasteiger partial charge is 0.457 e. The Morgan fingerprint density at radius 2 is 1.97 bits per heavy atom. The molecule has 1 aromatic heterocycles. The molecule has 0 bridgehead atoms. The summed E-state index contributed by atoms with van der Waals surface area (Å²) in [5, 5.41) is 3.19. The number of ketones is 1. The number of rotatable bonds is 7. The first-order valence-corrected chi connectivity index (χ1v) is 10.8. The highest BCUT2D eigenvalue weighted by atomic mass is 19.1. The second-order valence-corrected chi connectivity index (χ2v) is 7.84. The summed E-state index contributed by atoms with van der Waals surface area (Å²) in [5.41, 5.74) is 5.80. The van der Waals surface area contributed by atoms with Gasteiger partial charge in [-0.1, -0.05) is 24.8 Å². The number of carbonyl (C=O) groups is 2. The monoisotopic (exact) mass is 461 g/mol. The van der Waals surface area contributed by atoms with Crippen LogP contribution >= 0.6 is 0 Å². The molecule has 9 heteroatoms.